The summed E-state index contributed by atoms with van der Waals surface area (Å²) in [6.07, 6.45) is 3.76. The third-order valence-electron chi connectivity index (χ3n) is 2.69. The average molecular weight is 244 g/mol. The smallest absolute Gasteiger partial charge is 0.223 e. The van der Waals surface area contributed by atoms with Gasteiger partial charge in [-0.2, -0.15) is 0 Å². The quantitative estimate of drug-likeness (QED) is 0.648. The van der Waals surface area contributed by atoms with Crippen molar-refractivity contribution in [3.8, 4) is 0 Å². The van der Waals surface area contributed by atoms with E-state index in [0.29, 0.717) is 0 Å². The van der Waals surface area contributed by atoms with Crippen LogP contribution in [0.15, 0.2) is 48.8 Å². The summed E-state index contributed by atoms with van der Waals surface area (Å²) in [6.45, 7) is 0.815. The van der Waals surface area contributed by atoms with Crippen molar-refractivity contribution in [1.82, 2.24) is 14.5 Å². The number of halogens is 1. The van der Waals surface area contributed by atoms with Gasteiger partial charge < -0.3 is 4.57 Å². The van der Waals surface area contributed by atoms with E-state index in [-0.39, 0.29) is 5.28 Å². The Balaban J connectivity index is 2.01. The van der Waals surface area contributed by atoms with Crippen molar-refractivity contribution >= 4 is 22.6 Å². The largest absolute Gasteiger partial charge is 0.340 e. The number of nitrogens with zero attached hydrogens (tertiary/aromatic N) is 3. The van der Waals surface area contributed by atoms with E-state index in [1.54, 1.807) is 6.20 Å². The lowest BCUT2D eigenvalue weighted by Crippen LogP contribution is -1.98. The summed E-state index contributed by atoms with van der Waals surface area (Å²) < 4.78 is 2.11. The van der Waals surface area contributed by atoms with Crippen LogP contribution in [0.1, 0.15) is 5.56 Å². The molecule has 0 saturated heterocycles. The summed E-state index contributed by atoms with van der Waals surface area (Å²) in [5.41, 5.74) is 3.12. The Bertz CT molecular complexity index is 646. The first-order chi connectivity index (χ1) is 8.33. The van der Waals surface area contributed by atoms with Crippen LogP contribution in [0.5, 0.6) is 0 Å². The molecule has 0 bridgehead atoms. The summed E-state index contributed by atoms with van der Waals surface area (Å²) in [7, 11) is 0. The van der Waals surface area contributed by atoms with E-state index < -0.39 is 0 Å². The lowest BCUT2D eigenvalue weighted by molar-refractivity contribution is 0.834. The summed E-state index contributed by atoms with van der Waals surface area (Å²) >= 11 is 5.76. The third-order valence-corrected chi connectivity index (χ3v) is 2.87. The number of hydrogen-bond donors (Lipinski definition) is 0. The van der Waals surface area contributed by atoms with Crippen molar-refractivity contribution in [3.63, 3.8) is 0 Å². The molecule has 0 atom stereocenters. The molecular formula is C13H10ClN3. The average Bonchev–Trinajstić information content (AvgIpc) is 2.73. The number of rotatable bonds is 2. The van der Waals surface area contributed by atoms with Crippen LogP contribution >= 0.6 is 11.6 Å². The first-order valence-electron chi connectivity index (χ1n) is 5.34. The molecule has 1 aromatic carbocycles. The molecule has 0 amide bonds. The van der Waals surface area contributed by atoms with Gasteiger partial charge in [0.1, 0.15) is 0 Å². The van der Waals surface area contributed by atoms with E-state index in [1.807, 2.05) is 30.5 Å². The highest BCUT2D eigenvalue weighted by Gasteiger charge is 2.04. The van der Waals surface area contributed by atoms with Crippen LogP contribution in [0, 0.1) is 0 Å². The molecule has 3 rings (SSSR count). The first kappa shape index (κ1) is 10.3. The maximum absolute atomic E-state index is 5.76. The molecule has 0 radical (unpaired) electrons. The number of benzene rings is 1. The molecule has 3 aromatic rings. The van der Waals surface area contributed by atoms with Gasteiger partial charge in [-0.3, -0.25) is 0 Å². The van der Waals surface area contributed by atoms with Crippen molar-refractivity contribution in [2.24, 2.45) is 0 Å². The molecule has 2 heterocycles. The standard InChI is InChI=1S/C13H10ClN3/c14-13-15-8-12-11(16-13)6-7-17(12)9-10-4-2-1-3-5-10/h1-8H,9H2. The van der Waals surface area contributed by atoms with Crippen molar-refractivity contribution in [2.45, 2.75) is 6.54 Å². The maximum Gasteiger partial charge on any atom is 0.223 e. The molecule has 0 N–H and O–H groups in total. The lowest BCUT2D eigenvalue weighted by atomic mass is 10.2. The fourth-order valence-corrected chi connectivity index (χ4v) is 2.01. The normalized spacial score (nSPS) is 10.9. The molecule has 0 unspecified atom stereocenters. The second-order valence-corrected chi connectivity index (χ2v) is 4.18. The van der Waals surface area contributed by atoms with Gasteiger partial charge in [-0.25, -0.2) is 9.97 Å². The van der Waals surface area contributed by atoms with Crippen molar-refractivity contribution < 1.29 is 0 Å². The molecule has 0 spiro atoms. The minimum Gasteiger partial charge on any atom is -0.340 e. The highest BCUT2D eigenvalue weighted by molar-refractivity contribution is 6.28. The molecule has 17 heavy (non-hydrogen) atoms. The minimum absolute atomic E-state index is 0.287. The van der Waals surface area contributed by atoms with E-state index in [2.05, 4.69) is 26.7 Å². The number of hydrogen-bond acceptors (Lipinski definition) is 2. The van der Waals surface area contributed by atoms with Gasteiger partial charge in [-0.1, -0.05) is 30.3 Å². The number of fused-ring (bicyclic) bond motifs is 1. The highest BCUT2D eigenvalue weighted by Crippen LogP contribution is 2.16. The fraction of sp³-hybridized carbons (Fsp3) is 0.0769. The first-order valence-corrected chi connectivity index (χ1v) is 5.72. The summed E-state index contributed by atoms with van der Waals surface area (Å²) in [6, 6.07) is 12.2. The Hall–Kier alpha value is -1.87. The van der Waals surface area contributed by atoms with Gasteiger partial charge >= 0.3 is 0 Å². The van der Waals surface area contributed by atoms with Crippen LogP contribution < -0.4 is 0 Å². The monoisotopic (exact) mass is 243 g/mol. The zero-order valence-corrected chi connectivity index (χ0v) is 9.80. The Kier molecular flexibility index (Phi) is 2.53. The highest BCUT2D eigenvalue weighted by atomic mass is 35.5. The molecule has 2 aromatic heterocycles. The van der Waals surface area contributed by atoms with Gasteiger partial charge in [-0.15, -0.1) is 0 Å². The maximum atomic E-state index is 5.76. The Labute approximate surface area is 104 Å². The van der Waals surface area contributed by atoms with Crippen molar-refractivity contribution in [2.75, 3.05) is 0 Å². The van der Waals surface area contributed by atoms with Crippen LogP contribution in [-0.4, -0.2) is 14.5 Å². The van der Waals surface area contributed by atoms with Crippen LogP contribution in [0.4, 0.5) is 0 Å². The Morgan fingerprint density at radius 2 is 1.94 bits per heavy atom. The molecular weight excluding hydrogens is 234 g/mol. The molecule has 3 nitrogen and oxygen atoms in total. The molecule has 0 saturated carbocycles. The Morgan fingerprint density at radius 3 is 2.76 bits per heavy atom. The van der Waals surface area contributed by atoms with Gasteiger partial charge in [0, 0.05) is 12.7 Å². The zero-order valence-electron chi connectivity index (χ0n) is 9.05. The second kappa shape index (κ2) is 4.18. The molecule has 84 valence electrons. The SMILES string of the molecule is Clc1ncc2c(ccn2Cc2ccccc2)n1. The molecule has 0 fully saturated rings. The van der Waals surface area contributed by atoms with E-state index in [1.165, 1.54) is 5.56 Å². The van der Waals surface area contributed by atoms with Crippen LogP contribution in [0.3, 0.4) is 0 Å². The van der Waals surface area contributed by atoms with Gasteiger partial charge in [0.15, 0.2) is 0 Å². The predicted molar refractivity (Wildman–Crippen MR) is 68.1 cm³/mol. The molecule has 0 aliphatic carbocycles. The van der Waals surface area contributed by atoms with Crippen molar-refractivity contribution in [3.05, 3.63) is 59.6 Å². The molecule has 0 aliphatic rings. The van der Waals surface area contributed by atoms with Crippen LogP contribution in [0.2, 0.25) is 5.28 Å². The summed E-state index contributed by atoms with van der Waals surface area (Å²) in [5, 5.41) is 0.287. The van der Waals surface area contributed by atoms with Gasteiger partial charge in [-0.05, 0) is 23.2 Å². The second-order valence-electron chi connectivity index (χ2n) is 3.84. The van der Waals surface area contributed by atoms with Gasteiger partial charge in [0.2, 0.25) is 5.28 Å². The molecule has 4 heteroatoms. The van der Waals surface area contributed by atoms with E-state index in [0.717, 1.165) is 17.6 Å². The number of aromatic nitrogens is 3. The Morgan fingerprint density at radius 1 is 1.12 bits per heavy atom. The van der Waals surface area contributed by atoms with Gasteiger partial charge in [0.25, 0.3) is 0 Å². The topological polar surface area (TPSA) is 30.7 Å². The van der Waals surface area contributed by atoms with E-state index >= 15 is 0 Å². The lowest BCUT2D eigenvalue weighted by Gasteiger charge is -2.04. The van der Waals surface area contributed by atoms with Gasteiger partial charge in [0.05, 0.1) is 17.2 Å². The minimum atomic E-state index is 0.287. The fourth-order valence-electron chi connectivity index (χ4n) is 1.87. The van der Waals surface area contributed by atoms with Crippen molar-refractivity contribution in [1.29, 1.82) is 0 Å². The molecule has 0 aliphatic heterocycles. The van der Waals surface area contributed by atoms with E-state index in [9.17, 15) is 0 Å². The van der Waals surface area contributed by atoms with E-state index in [4.69, 9.17) is 11.6 Å². The predicted octanol–water partition coefficient (Wildman–Crippen LogP) is 3.13. The zero-order chi connectivity index (χ0) is 11.7. The van der Waals surface area contributed by atoms with Crippen LogP contribution in [-0.2, 0) is 6.54 Å². The summed E-state index contributed by atoms with van der Waals surface area (Å²) in [4.78, 5) is 8.19. The third kappa shape index (κ3) is 2.01. The van der Waals surface area contributed by atoms with Crippen LogP contribution in [0.25, 0.3) is 11.0 Å². The summed E-state index contributed by atoms with van der Waals surface area (Å²) in [5.74, 6) is 0.